The number of piperazine rings is 1. The third kappa shape index (κ3) is 3.83. The molecule has 0 aliphatic carbocycles. The number of halogens is 2. The highest BCUT2D eigenvalue weighted by Crippen LogP contribution is 2.19. The van der Waals surface area contributed by atoms with E-state index in [4.69, 9.17) is 0 Å². The molecule has 1 aliphatic heterocycles. The van der Waals surface area contributed by atoms with Crippen LogP contribution in [0.2, 0.25) is 0 Å². The molecule has 1 fully saturated rings. The van der Waals surface area contributed by atoms with Crippen LogP contribution in [-0.4, -0.2) is 43.2 Å². The fraction of sp³-hybridized carbons (Fsp3) is 0.533. The number of nitrogens with one attached hydrogen (secondary N) is 1. The maximum atomic E-state index is 13.2. The molecule has 1 unspecified atom stereocenters. The summed E-state index contributed by atoms with van der Waals surface area (Å²) >= 11 is 0. The highest BCUT2D eigenvalue weighted by atomic mass is 19.2. The van der Waals surface area contributed by atoms with Gasteiger partial charge in [-0.2, -0.15) is 0 Å². The van der Waals surface area contributed by atoms with Crippen LogP contribution in [0.25, 0.3) is 0 Å². The normalized spacial score (nSPS) is 16.8. The highest BCUT2D eigenvalue weighted by molar-refractivity contribution is 5.74. The summed E-state index contributed by atoms with van der Waals surface area (Å²) in [4.78, 5) is 15.7. The Hall–Kier alpha value is -1.85. The van der Waals surface area contributed by atoms with Crippen LogP contribution in [0.5, 0.6) is 0 Å². The molecule has 1 aromatic carbocycles. The van der Waals surface area contributed by atoms with Crippen molar-refractivity contribution in [2.75, 3.05) is 31.1 Å². The predicted octanol–water partition coefficient (Wildman–Crippen LogP) is 2.59. The Balaban J connectivity index is 1.90. The predicted molar refractivity (Wildman–Crippen MR) is 78.4 cm³/mol. The van der Waals surface area contributed by atoms with Gasteiger partial charge in [-0.05, 0) is 25.5 Å². The number of benzene rings is 1. The van der Waals surface area contributed by atoms with Crippen molar-refractivity contribution in [3.63, 3.8) is 0 Å². The van der Waals surface area contributed by atoms with E-state index in [0.717, 1.165) is 12.5 Å². The van der Waals surface area contributed by atoms with Gasteiger partial charge in [-0.3, -0.25) is 0 Å². The van der Waals surface area contributed by atoms with E-state index in [0.29, 0.717) is 31.9 Å². The lowest BCUT2D eigenvalue weighted by atomic mass is 10.2. The Morgan fingerprint density at radius 1 is 1.24 bits per heavy atom. The molecule has 4 nitrogen and oxygen atoms in total. The van der Waals surface area contributed by atoms with Gasteiger partial charge in [0.1, 0.15) is 0 Å². The van der Waals surface area contributed by atoms with Crippen LogP contribution in [-0.2, 0) is 0 Å². The van der Waals surface area contributed by atoms with Crippen LogP contribution < -0.4 is 10.2 Å². The maximum absolute atomic E-state index is 13.2. The van der Waals surface area contributed by atoms with E-state index in [-0.39, 0.29) is 12.1 Å². The molecule has 0 bridgehead atoms. The smallest absolute Gasteiger partial charge is 0.317 e. The Labute approximate surface area is 123 Å². The van der Waals surface area contributed by atoms with Gasteiger partial charge >= 0.3 is 6.03 Å². The molecule has 1 saturated heterocycles. The van der Waals surface area contributed by atoms with E-state index in [1.165, 1.54) is 6.07 Å². The zero-order valence-electron chi connectivity index (χ0n) is 12.4. The second-order valence-electron chi connectivity index (χ2n) is 5.33. The Kier molecular flexibility index (Phi) is 4.98. The van der Waals surface area contributed by atoms with Gasteiger partial charge in [-0.1, -0.05) is 6.92 Å². The van der Waals surface area contributed by atoms with Gasteiger partial charge in [0.05, 0.1) is 0 Å². The molecule has 1 atom stereocenters. The fourth-order valence-corrected chi connectivity index (χ4v) is 2.25. The van der Waals surface area contributed by atoms with Crippen molar-refractivity contribution in [3.05, 3.63) is 29.8 Å². The average Bonchev–Trinajstić information content (AvgIpc) is 2.50. The first-order chi connectivity index (χ1) is 10.0. The van der Waals surface area contributed by atoms with Crippen molar-refractivity contribution >= 4 is 11.7 Å². The summed E-state index contributed by atoms with van der Waals surface area (Å²) in [6.45, 7) is 6.35. The molecule has 0 radical (unpaired) electrons. The fourth-order valence-electron chi connectivity index (χ4n) is 2.25. The van der Waals surface area contributed by atoms with E-state index < -0.39 is 11.6 Å². The second-order valence-corrected chi connectivity index (χ2v) is 5.33. The summed E-state index contributed by atoms with van der Waals surface area (Å²) in [5.41, 5.74) is 0.649. The molecule has 6 heteroatoms. The molecular formula is C15H21F2N3O. The molecule has 1 N–H and O–H groups in total. The molecule has 1 heterocycles. The van der Waals surface area contributed by atoms with Crippen LogP contribution in [0.4, 0.5) is 19.3 Å². The van der Waals surface area contributed by atoms with Crippen molar-refractivity contribution in [2.45, 2.75) is 26.3 Å². The van der Waals surface area contributed by atoms with E-state index in [2.05, 4.69) is 5.32 Å². The van der Waals surface area contributed by atoms with Gasteiger partial charge in [0.2, 0.25) is 0 Å². The highest BCUT2D eigenvalue weighted by Gasteiger charge is 2.22. The molecule has 1 aliphatic rings. The van der Waals surface area contributed by atoms with E-state index >= 15 is 0 Å². The van der Waals surface area contributed by atoms with Crippen molar-refractivity contribution < 1.29 is 13.6 Å². The van der Waals surface area contributed by atoms with Crippen LogP contribution in [0, 0.1) is 11.6 Å². The SMILES string of the molecule is CCC(C)NC(=O)N1CCN(c2ccc(F)c(F)c2)CC1. The van der Waals surface area contributed by atoms with Crippen molar-refractivity contribution in [1.29, 1.82) is 0 Å². The first-order valence-electron chi connectivity index (χ1n) is 7.26. The standard InChI is InChI=1S/C15H21F2N3O/c1-3-11(2)18-15(21)20-8-6-19(7-9-20)12-4-5-13(16)14(17)10-12/h4-5,10-11H,3,6-9H2,1-2H3,(H,18,21). The monoisotopic (exact) mass is 297 g/mol. The lowest BCUT2D eigenvalue weighted by Gasteiger charge is -2.36. The molecular weight excluding hydrogens is 276 g/mol. The quantitative estimate of drug-likeness (QED) is 0.931. The summed E-state index contributed by atoms with van der Waals surface area (Å²) in [6.07, 6.45) is 0.889. The van der Waals surface area contributed by atoms with Gasteiger partial charge in [-0.15, -0.1) is 0 Å². The summed E-state index contributed by atoms with van der Waals surface area (Å²) in [5.74, 6) is -1.69. The zero-order chi connectivity index (χ0) is 15.4. The second kappa shape index (κ2) is 6.74. The molecule has 0 saturated carbocycles. The number of carbonyl (C=O) groups is 1. The number of anilines is 1. The number of hydrogen-bond acceptors (Lipinski definition) is 2. The molecule has 1 aromatic rings. The lowest BCUT2D eigenvalue weighted by Crippen LogP contribution is -2.53. The number of carbonyl (C=O) groups excluding carboxylic acids is 1. The van der Waals surface area contributed by atoms with Crippen molar-refractivity contribution in [3.8, 4) is 0 Å². The Morgan fingerprint density at radius 3 is 2.48 bits per heavy atom. The average molecular weight is 297 g/mol. The minimum atomic E-state index is -0.843. The summed E-state index contributed by atoms with van der Waals surface area (Å²) in [7, 11) is 0. The van der Waals surface area contributed by atoms with Crippen LogP contribution in [0.3, 0.4) is 0 Å². The van der Waals surface area contributed by atoms with Gasteiger partial charge in [0.25, 0.3) is 0 Å². The van der Waals surface area contributed by atoms with Crippen molar-refractivity contribution in [1.82, 2.24) is 10.2 Å². The van der Waals surface area contributed by atoms with Crippen molar-refractivity contribution in [2.24, 2.45) is 0 Å². The van der Waals surface area contributed by atoms with Gasteiger partial charge in [-0.25, -0.2) is 13.6 Å². The minimum Gasteiger partial charge on any atom is -0.368 e. The van der Waals surface area contributed by atoms with Crippen LogP contribution in [0.15, 0.2) is 18.2 Å². The molecule has 2 rings (SSSR count). The van der Waals surface area contributed by atoms with E-state index in [1.807, 2.05) is 18.7 Å². The minimum absolute atomic E-state index is 0.0608. The first-order valence-corrected chi connectivity index (χ1v) is 7.26. The van der Waals surface area contributed by atoms with Crippen LogP contribution >= 0.6 is 0 Å². The number of rotatable bonds is 3. The number of hydrogen-bond donors (Lipinski definition) is 1. The number of urea groups is 1. The van der Waals surface area contributed by atoms with Crippen LogP contribution in [0.1, 0.15) is 20.3 Å². The third-order valence-electron chi connectivity index (χ3n) is 3.82. The number of amides is 2. The van der Waals surface area contributed by atoms with Gasteiger partial charge in [0, 0.05) is 44.0 Å². The molecule has 21 heavy (non-hydrogen) atoms. The molecule has 2 amide bonds. The van der Waals surface area contributed by atoms with E-state index in [9.17, 15) is 13.6 Å². The summed E-state index contributed by atoms with van der Waals surface area (Å²) in [6, 6.07) is 3.99. The number of nitrogens with zero attached hydrogens (tertiary/aromatic N) is 2. The largest absolute Gasteiger partial charge is 0.368 e. The summed E-state index contributed by atoms with van der Waals surface area (Å²) < 4.78 is 26.2. The first kappa shape index (κ1) is 15.5. The van der Waals surface area contributed by atoms with E-state index in [1.54, 1.807) is 11.0 Å². The third-order valence-corrected chi connectivity index (χ3v) is 3.82. The molecule has 0 aromatic heterocycles. The van der Waals surface area contributed by atoms with Gasteiger partial charge < -0.3 is 15.1 Å². The maximum Gasteiger partial charge on any atom is 0.317 e. The summed E-state index contributed by atoms with van der Waals surface area (Å²) in [5, 5.41) is 2.93. The zero-order valence-corrected chi connectivity index (χ0v) is 12.4. The molecule has 0 spiro atoms. The molecule has 116 valence electrons. The Bertz CT molecular complexity index is 502. The van der Waals surface area contributed by atoms with Gasteiger partial charge in [0.15, 0.2) is 11.6 Å². The topological polar surface area (TPSA) is 35.6 Å². The Morgan fingerprint density at radius 2 is 1.90 bits per heavy atom. The lowest BCUT2D eigenvalue weighted by molar-refractivity contribution is 0.190.